The summed E-state index contributed by atoms with van der Waals surface area (Å²) in [6, 6.07) is 9.13. The van der Waals surface area contributed by atoms with E-state index < -0.39 is 0 Å². The number of benzene rings is 1. The van der Waals surface area contributed by atoms with Crippen LogP contribution in [-0.4, -0.2) is 18.7 Å². The summed E-state index contributed by atoms with van der Waals surface area (Å²) in [5.41, 5.74) is 1.03. The molecule has 128 valence electrons. The molecule has 0 N–H and O–H groups in total. The van der Waals surface area contributed by atoms with Gasteiger partial charge in [0.15, 0.2) is 0 Å². The van der Waals surface area contributed by atoms with Crippen molar-refractivity contribution in [2.24, 2.45) is 0 Å². The molecule has 0 atom stereocenters. The van der Waals surface area contributed by atoms with Crippen LogP contribution < -0.4 is 11.2 Å². The minimum atomic E-state index is -0.275. The summed E-state index contributed by atoms with van der Waals surface area (Å²) in [7, 11) is 0. The van der Waals surface area contributed by atoms with Crippen LogP contribution >= 0.6 is 22.9 Å². The van der Waals surface area contributed by atoms with E-state index >= 15 is 0 Å². The first-order valence-corrected chi connectivity index (χ1v) is 9.20. The van der Waals surface area contributed by atoms with Crippen LogP contribution in [0, 0.1) is 0 Å². The van der Waals surface area contributed by atoms with Gasteiger partial charge in [0.2, 0.25) is 5.78 Å². The van der Waals surface area contributed by atoms with E-state index in [1.807, 2.05) is 30.5 Å². The van der Waals surface area contributed by atoms with Gasteiger partial charge in [-0.3, -0.25) is 9.36 Å². The Morgan fingerprint density at radius 3 is 2.76 bits per heavy atom. The highest BCUT2D eigenvalue weighted by atomic mass is 35.5. The molecule has 0 radical (unpaired) electrons. The number of fused-ring (bicyclic) bond motifs is 3. The maximum atomic E-state index is 12.9. The van der Waals surface area contributed by atoms with Crippen LogP contribution in [0.5, 0.6) is 0 Å². The van der Waals surface area contributed by atoms with Crippen molar-refractivity contribution in [3.05, 3.63) is 67.1 Å². The van der Waals surface area contributed by atoms with Crippen LogP contribution in [0.2, 0.25) is 5.02 Å². The fourth-order valence-electron chi connectivity index (χ4n) is 2.95. The van der Waals surface area contributed by atoms with Gasteiger partial charge in [-0.2, -0.15) is 0 Å². The number of aromatic nitrogens is 4. The van der Waals surface area contributed by atoms with Gasteiger partial charge in [-0.05, 0) is 29.5 Å². The first-order chi connectivity index (χ1) is 12.1. The van der Waals surface area contributed by atoms with E-state index in [0.717, 1.165) is 12.0 Å². The lowest BCUT2D eigenvalue weighted by Gasteiger charge is -2.05. The monoisotopic (exact) mass is 374 g/mol. The van der Waals surface area contributed by atoms with E-state index in [1.54, 1.807) is 16.7 Å². The van der Waals surface area contributed by atoms with E-state index in [0.29, 0.717) is 27.6 Å². The molecule has 0 spiro atoms. The zero-order valence-corrected chi connectivity index (χ0v) is 15.0. The molecule has 25 heavy (non-hydrogen) atoms. The van der Waals surface area contributed by atoms with E-state index in [4.69, 9.17) is 11.6 Å². The lowest BCUT2D eigenvalue weighted by molar-refractivity contribution is 0.640. The minimum Gasteiger partial charge on any atom is -0.276 e. The first kappa shape index (κ1) is 16.1. The van der Waals surface area contributed by atoms with Gasteiger partial charge in [-0.15, -0.1) is 16.4 Å². The predicted octanol–water partition coefficient (Wildman–Crippen LogP) is 2.98. The molecule has 0 unspecified atom stereocenters. The molecule has 3 heterocycles. The maximum Gasteiger partial charge on any atom is 0.352 e. The normalized spacial score (nSPS) is 11.6. The lowest BCUT2D eigenvalue weighted by atomic mass is 10.2. The Morgan fingerprint density at radius 2 is 2.00 bits per heavy atom. The van der Waals surface area contributed by atoms with Gasteiger partial charge in [0, 0.05) is 11.6 Å². The van der Waals surface area contributed by atoms with E-state index in [1.165, 1.54) is 20.4 Å². The second-order valence-electron chi connectivity index (χ2n) is 5.76. The van der Waals surface area contributed by atoms with Crippen molar-refractivity contribution in [3.8, 4) is 0 Å². The minimum absolute atomic E-state index is 0.103. The van der Waals surface area contributed by atoms with Gasteiger partial charge in [0.25, 0.3) is 5.56 Å². The molecule has 0 saturated heterocycles. The molecule has 6 nitrogen and oxygen atoms in total. The van der Waals surface area contributed by atoms with Crippen molar-refractivity contribution >= 4 is 38.9 Å². The highest BCUT2D eigenvalue weighted by Gasteiger charge is 2.18. The zero-order valence-electron chi connectivity index (χ0n) is 13.5. The predicted molar refractivity (Wildman–Crippen MR) is 99.9 cm³/mol. The Morgan fingerprint density at radius 1 is 1.20 bits per heavy atom. The van der Waals surface area contributed by atoms with Crippen molar-refractivity contribution in [2.75, 3.05) is 0 Å². The molecule has 3 aromatic heterocycles. The summed E-state index contributed by atoms with van der Waals surface area (Å²) in [5, 5.41) is 6.83. The number of hydrogen-bond donors (Lipinski definition) is 0. The Hall–Kier alpha value is -2.38. The third-order valence-electron chi connectivity index (χ3n) is 4.11. The lowest BCUT2D eigenvalue weighted by Crippen LogP contribution is -2.25. The highest BCUT2D eigenvalue weighted by molar-refractivity contribution is 7.17. The zero-order chi connectivity index (χ0) is 17.6. The molecule has 4 rings (SSSR count). The average molecular weight is 375 g/mol. The number of hydrogen-bond acceptors (Lipinski definition) is 4. The number of rotatable bonds is 4. The number of halogens is 1. The summed E-state index contributed by atoms with van der Waals surface area (Å²) in [6.45, 7) is 2.76. The number of thiophene rings is 1. The molecular formula is C17H15ClN4O2S. The summed E-state index contributed by atoms with van der Waals surface area (Å²) >= 11 is 7.55. The Bertz CT molecular complexity index is 1200. The third kappa shape index (κ3) is 2.51. The standard InChI is InChI=1S/C17H15ClN4O2S/c1-2-8-20-15(23)14-13(7-9-25-14)22-16(20)19-21(17(22)24)10-11-5-3-4-6-12(11)18/h3-7,9H,2,8,10H2,1H3. The van der Waals surface area contributed by atoms with Gasteiger partial charge in [0.1, 0.15) is 4.70 Å². The van der Waals surface area contributed by atoms with Crippen molar-refractivity contribution in [1.29, 1.82) is 0 Å². The molecule has 0 saturated carbocycles. The molecule has 0 bridgehead atoms. The second kappa shape index (κ2) is 6.16. The topological polar surface area (TPSA) is 61.3 Å². The molecule has 4 aromatic rings. The molecule has 0 aliphatic rings. The van der Waals surface area contributed by atoms with Crippen LogP contribution in [0.3, 0.4) is 0 Å². The van der Waals surface area contributed by atoms with Crippen molar-refractivity contribution in [3.63, 3.8) is 0 Å². The van der Waals surface area contributed by atoms with Crippen LogP contribution in [0.25, 0.3) is 16.0 Å². The third-order valence-corrected chi connectivity index (χ3v) is 5.37. The number of nitrogens with zero attached hydrogens (tertiary/aromatic N) is 4. The van der Waals surface area contributed by atoms with Gasteiger partial charge >= 0.3 is 5.69 Å². The second-order valence-corrected chi connectivity index (χ2v) is 7.08. The van der Waals surface area contributed by atoms with Crippen molar-refractivity contribution < 1.29 is 0 Å². The summed E-state index contributed by atoms with van der Waals surface area (Å²) in [5.74, 6) is 0.370. The van der Waals surface area contributed by atoms with Crippen LogP contribution in [0.15, 0.2) is 45.3 Å². The van der Waals surface area contributed by atoms with Crippen LogP contribution in [0.4, 0.5) is 0 Å². The van der Waals surface area contributed by atoms with Gasteiger partial charge in [-0.25, -0.2) is 13.9 Å². The fraction of sp³-hybridized carbons (Fsp3) is 0.235. The Balaban J connectivity index is 2.01. The first-order valence-electron chi connectivity index (χ1n) is 7.94. The van der Waals surface area contributed by atoms with E-state index in [2.05, 4.69) is 5.10 Å². The molecule has 1 aromatic carbocycles. The summed E-state index contributed by atoms with van der Waals surface area (Å²) in [4.78, 5) is 25.6. The molecule has 0 fully saturated rings. The molecule has 8 heteroatoms. The highest BCUT2D eigenvalue weighted by Crippen LogP contribution is 2.18. The van der Waals surface area contributed by atoms with Crippen LogP contribution in [0.1, 0.15) is 18.9 Å². The molecule has 0 aliphatic carbocycles. The average Bonchev–Trinajstić information content (AvgIpc) is 3.19. The molecular weight excluding hydrogens is 360 g/mol. The smallest absolute Gasteiger partial charge is 0.276 e. The van der Waals surface area contributed by atoms with E-state index in [-0.39, 0.29) is 17.8 Å². The Kier molecular flexibility index (Phi) is 3.97. The fourth-order valence-corrected chi connectivity index (χ4v) is 3.97. The maximum absolute atomic E-state index is 12.9. The largest absolute Gasteiger partial charge is 0.352 e. The van der Waals surface area contributed by atoms with E-state index in [9.17, 15) is 9.59 Å². The summed E-state index contributed by atoms with van der Waals surface area (Å²) in [6.07, 6.45) is 0.776. The van der Waals surface area contributed by atoms with Gasteiger partial charge < -0.3 is 0 Å². The Labute approximate surface area is 151 Å². The molecule has 0 aliphatic heterocycles. The van der Waals surface area contributed by atoms with Crippen molar-refractivity contribution in [2.45, 2.75) is 26.4 Å². The van der Waals surface area contributed by atoms with Crippen LogP contribution in [-0.2, 0) is 13.1 Å². The van der Waals surface area contributed by atoms with Gasteiger partial charge in [-0.1, -0.05) is 36.7 Å². The molecule has 0 amide bonds. The van der Waals surface area contributed by atoms with Gasteiger partial charge in [0.05, 0.1) is 12.1 Å². The van der Waals surface area contributed by atoms with Crippen molar-refractivity contribution in [1.82, 2.24) is 18.7 Å². The summed E-state index contributed by atoms with van der Waals surface area (Å²) < 4.78 is 5.02. The quantitative estimate of drug-likeness (QED) is 0.551. The number of aryl methyl sites for hydroxylation is 1. The SMILES string of the molecule is CCCn1c(=O)c2sccc2n2c(=O)n(Cc3ccccc3Cl)nc12.